The molecule has 0 spiro atoms. The molecule has 0 aliphatic rings. The highest BCUT2D eigenvalue weighted by Crippen LogP contribution is 2.20. The van der Waals surface area contributed by atoms with Crippen LogP contribution in [0.2, 0.25) is 0 Å². The van der Waals surface area contributed by atoms with E-state index in [0.29, 0.717) is 0 Å². The van der Waals surface area contributed by atoms with Gasteiger partial charge in [0.05, 0.1) is 0 Å². The fourth-order valence-corrected chi connectivity index (χ4v) is 1.94. The molecule has 2 N–H and O–H groups in total. The molecular formula is C14H19BrN2O2. The van der Waals surface area contributed by atoms with Crippen LogP contribution >= 0.6 is 15.9 Å². The molecule has 0 unspecified atom stereocenters. The second-order valence-corrected chi connectivity index (χ2v) is 5.73. The number of carbonyl (C=O) groups is 2. The minimum Gasteiger partial charge on any atom is -0.344 e. The van der Waals surface area contributed by atoms with Crippen LogP contribution in [0.4, 0.5) is 5.69 Å². The van der Waals surface area contributed by atoms with Gasteiger partial charge in [-0.1, -0.05) is 29.8 Å². The number of benzene rings is 1. The van der Waals surface area contributed by atoms with Gasteiger partial charge in [0, 0.05) is 17.1 Å². The van der Waals surface area contributed by atoms with Gasteiger partial charge >= 0.3 is 0 Å². The molecule has 0 radical (unpaired) electrons. The van der Waals surface area contributed by atoms with Crippen molar-refractivity contribution in [3.8, 4) is 0 Å². The molecule has 0 aliphatic heterocycles. The van der Waals surface area contributed by atoms with E-state index in [-0.39, 0.29) is 17.7 Å². The predicted molar refractivity (Wildman–Crippen MR) is 80.0 cm³/mol. The molecule has 104 valence electrons. The summed E-state index contributed by atoms with van der Waals surface area (Å²) in [5.74, 6) is -0.381. The third-order valence-electron chi connectivity index (χ3n) is 2.73. The van der Waals surface area contributed by atoms with Gasteiger partial charge in [0.1, 0.15) is 6.04 Å². The highest BCUT2D eigenvalue weighted by molar-refractivity contribution is 9.10. The zero-order chi connectivity index (χ0) is 14.6. The van der Waals surface area contributed by atoms with Gasteiger partial charge in [-0.3, -0.25) is 9.59 Å². The normalized spacial score (nSPS) is 12.1. The van der Waals surface area contributed by atoms with Crippen molar-refractivity contribution in [3.63, 3.8) is 0 Å². The van der Waals surface area contributed by atoms with Gasteiger partial charge in [0.15, 0.2) is 0 Å². The predicted octanol–water partition coefficient (Wildman–Crippen LogP) is 2.86. The van der Waals surface area contributed by atoms with Crippen molar-refractivity contribution in [2.24, 2.45) is 5.92 Å². The van der Waals surface area contributed by atoms with Crippen LogP contribution in [0.5, 0.6) is 0 Å². The lowest BCUT2D eigenvalue weighted by atomic mass is 10.0. The number of amides is 2. The molecule has 19 heavy (non-hydrogen) atoms. The Bertz CT molecular complexity index is 486. The Morgan fingerprint density at radius 1 is 1.26 bits per heavy atom. The lowest BCUT2D eigenvalue weighted by Gasteiger charge is -2.21. The van der Waals surface area contributed by atoms with Crippen LogP contribution in [-0.2, 0) is 9.59 Å². The highest BCUT2D eigenvalue weighted by Gasteiger charge is 2.22. The van der Waals surface area contributed by atoms with E-state index in [1.165, 1.54) is 6.92 Å². The number of anilines is 1. The van der Waals surface area contributed by atoms with Crippen molar-refractivity contribution < 1.29 is 9.59 Å². The van der Waals surface area contributed by atoms with Gasteiger partial charge in [-0.2, -0.15) is 0 Å². The van der Waals surface area contributed by atoms with Gasteiger partial charge in [0.2, 0.25) is 11.8 Å². The van der Waals surface area contributed by atoms with E-state index < -0.39 is 6.04 Å². The fraction of sp³-hybridized carbons (Fsp3) is 0.429. The first-order valence-electron chi connectivity index (χ1n) is 6.15. The first kappa shape index (κ1) is 15.7. The first-order valence-corrected chi connectivity index (χ1v) is 6.94. The van der Waals surface area contributed by atoms with E-state index in [4.69, 9.17) is 0 Å². The Balaban J connectivity index is 2.81. The Morgan fingerprint density at radius 3 is 2.37 bits per heavy atom. The molecule has 0 aliphatic carbocycles. The van der Waals surface area contributed by atoms with Crippen LogP contribution in [0.1, 0.15) is 26.3 Å². The van der Waals surface area contributed by atoms with Crippen molar-refractivity contribution in [1.29, 1.82) is 0 Å². The molecule has 0 aromatic heterocycles. The molecule has 0 saturated heterocycles. The third kappa shape index (κ3) is 4.67. The Kier molecular flexibility index (Phi) is 5.54. The summed E-state index contributed by atoms with van der Waals surface area (Å²) in [5.41, 5.74) is 1.76. The van der Waals surface area contributed by atoms with Crippen molar-refractivity contribution in [3.05, 3.63) is 28.2 Å². The maximum absolute atomic E-state index is 12.1. The van der Waals surface area contributed by atoms with E-state index in [2.05, 4.69) is 26.6 Å². The summed E-state index contributed by atoms with van der Waals surface area (Å²) in [6.07, 6.45) is 0. The monoisotopic (exact) mass is 326 g/mol. The molecule has 2 amide bonds. The van der Waals surface area contributed by atoms with Gasteiger partial charge in [-0.05, 0) is 36.6 Å². The van der Waals surface area contributed by atoms with Gasteiger partial charge in [-0.25, -0.2) is 0 Å². The van der Waals surface area contributed by atoms with Crippen LogP contribution in [0.3, 0.4) is 0 Å². The van der Waals surface area contributed by atoms with Crippen molar-refractivity contribution >= 4 is 33.4 Å². The molecule has 5 heteroatoms. The van der Waals surface area contributed by atoms with Gasteiger partial charge in [-0.15, -0.1) is 0 Å². The standard InChI is InChI=1S/C14H19BrN2O2/c1-8(2)13(16-10(4)18)14(19)17-11-5-6-12(15)9(3)7-11/h5-8,13H,1-4H3,(H,16,18)(H,17,19)/t13-/m1/s1. The van der Waals surface area contributed by atoms with Gasteiger partial charge in [0.25, 0.3) is 0 Å². The van der Waals surface area contributed by atoms with Crippen LogP contribution in [0.15, 0.2) is 22.7 Å². The van der Waals surface area contributed by atoms with Crippen molar-refractivity contribution in [1.82, 2.24) is 5.32 Å². The van der Waals surface area contributed by atoms with Gasteiger partial charge < -0.3 is 10.6 Å². The zero-order valence-corrected chi connectivity index (χ0v) is 13.2. The summed E-state index contributed by atoms with van der Waals surface area (Å²) in [6.45, 7) is 7.15. The third-order valence-corrected chi connectivity index (χ3v) is 3.62. The summed E-state index contributed by atoms with van der Waals surface area (Å²) in [7, 11) is 0. The number of aryl methyl sites for hydroxylation is 1. The number of hydrogen-bond acceptors (Lipinski definition) is 2. The van der Waals surface area contributed by atoms with E-state index in [1.54, 1.807) is 0 Å². The Labute approximate surface area is 122 Å². The number of hydrogen-bond donors (Lipinski definition) is 2. The smallest absolute Gasteiger partial charge is 0.247 e. The van der Waals surface area contributed by atoms with Crippen LogP contribution in [0, 0.1) is 12.8 Å². The summed E-state index contributed by atoms with van der Waals surface area (Å²) >= 11 is 3.41. The molecule has 1 atom stereocenters. The minimum atomic E-state index is -0.526. The highest BCUT2D eigenvalue weighted by atomic mass is 79.9. The second kappa shape index (κ2) is 6.70. The zero-order valence-electron chi connectivity index (χ0n) is 11.6. The molecule has 0 fully saturated rings. The molecular weight excluding hydrogens is 308 g/mol. The SMILES string of the molecule is CC(=O)N[C@@H](C(=O)Nc1ccc(Br)c(C)c1)C(C)C. The van der Waals surface area contributed by atoms with Crippen molar-refractivity contribution in [2.45, 2.75) is 33.7 Å². The summed E-state index contributed by atoms with van der Waals surface area (Å²) in [4.78, 5) is 23.3. The largest absolute Gasteiger partial charge is 0.344 e. The summed E-state index contributed by atoms with van der Waals surface area (Å²) in [6, 6.07) is 5.06. The molecule has 1 aromatic carbocycles. The Hall–Kier alpha value is -1.36. The molecule has 1 rings (SSSR count). The lowest BCUT2D eigenvalue weighted by Crippen LogP contribution is -2.46. The topological polar surface area (TPSA) is 58.2 Å². The summed E-state index contributed by atoms with van der Waals surface area (Å²) in [5, 5.41) is 5.49. The van der Waals surface area contributed by atoms with Crippen LogP contribution in [0.25, 0.3) is 0 Å². The molecule has 0 saturated carbocycles. The van der Waals surface area contributed by atoms with Crippen LogP contribution in [-0.4, -0.2) is 17.9 Å². The molecule has 0 heterocycles. The molecule has 0 bridgehead atoms. The van der Waals surface area contributed by atoms with E-state index in [9.17, 15) is 9.59 Å². The first-order chi connectivity index (χ1) is 8.81. The maximum atomic E-state index is 12.1. The maximum Gasteiger partial charge on any atom is 0.247 e. The quantitative estimate of drug-likeness (QED) is 0.893. The number of nitrogens with one attached hydrogen (secondary N) is 2. The lowest BCUT2D eigenvalue weighted by molar-refractivity contribution is -0.126. The molecule has 4 nitrogen and oxygen atoms in total. The number of rotatable bonds is 4. The van der Waals surface area contributed by atoms with E-state index in [1.807, 2.05) is 39.0 Å². The van der Waals surface area contributed by atoms with Crippen LogP contribution < -0.4 is 10.6 Å². The minimum absolute atomic E-state index is 0.0282. The average molecular weight is 327 g/mol. The van der Waals surface area contributed by atoms with E-state index in [0.717, 1.165) is 15.7 Å². The molecule has 1 aromatic rings. The second-order valence-electron chi connectivity index (χ2n) is 4.88. The fourth-order valence-electron chi connectivity index (χ4n) is 1.70. The van der Waals surface area contributed by atoms with Crippen molar-refractivity contribution in [2.75, 3.05) is 5.32 Å². The summed E-state index contributed by atoms with van der Waals surface area (Å²) < 4.78 is 0.993. The number of carbonyl (C=O) groups excluding carboxylic acids is 2. The average Bonchev–Trinajstić information content (AvgIpc) is 2.30. The Morgan fingerprint density at radius 2 is 1.89 bits per heavy atom. The number of halogens is 1. The van der Waals surface area contributed by atoms with E-state index >= 15 is 0 Å².